The third kappa shape index (κ3) is 3.05. The second-order valence-corrected chi connectivity index (χ2v) is 4.81. The molecule has 88 valence electrons. The number of hydrogen-bond donors (Lipinski definition) is 1. The van der Waals surface area contributed by atoms with Crippen LogP contribution in [0.15, 0.2) is 52.5 Å². The molecule has 0 aliphatic carbocycles. The van der Waals surface area contributed by atoms with Gasteiger partial charge in [0.15, 0.2) is 0 Å². The van der Waals surface area contributed by atoms with E-state index in [0.29, 0.717) is 4.90 Å². The quantitative estimate of drug-likeness (QED) is 0.905. The summed E-state index contributed by atoms with van der Waals surface area (Å²) in [6.45, 7) is 1.90. The van der Waals surface area contributed by atoms with Gasteiger partial charge in [-0.3, -0.25) is 0 Å². The highest BCUT2D eigenvalue weighted by atomic mass is 32.2. The summed E-state index contributed by atoms with van der Waals surface area (Å²) in [5.41, 5.74) is 6.71. The predicted molar refractivity (Wildman–Crippen MR) is 67.4 cm³/mol. The fourth-order valence-electron chi connectivity index (χ4n) is 1.36. The molecule has 0 aliphatic heterocycles. The minimum absolute atomic E-state index is 0.0324. The Balaban J connectivity index is 2.17. The van der Waals surface area contributed by atoms with E-state index in [9.17, 15) is 4.39 Å². The Kier molecular flexibility index (Phi) is 3.76. The van der Waals surface area contributed by atoms with E-state index in [2.05, 4.69) is 4.98 Å². The molecule has 0 saturated carbocycles. The van der Waals surface area contributed by atoms with Gasteiger partial charge >= 0.3 is 0 Å². The summed E-state index contributed by atoms with van der Waals surface area (Å²) in [5, 5.41) is 0.763. The molecule has 0 aliphatic rings. The number of hydrogen-bond acceptors (Lipinski definition) is 3. The summed E-state index contributed by atoms with van der Waals surface area (Å²) in [7, 11) is 0. The van der Waals surface area contributed by atoms with Gasteiger partial charge in [-0.25, -0.2) is 9.37 Å². The molecule has 0 bridgehead atoms. The molecule has 0 amide bonds. The molecular formula is C13H13FN2S. The van der Waals surface area contributed by atoms with Gasteiger partial charge in [0.1, 0.15) is 10.8 Å². The summed E-state index contributed by atoms with van der Waals surface area (Å²) >= 11 is 1.31. The molecule has 0 saturated heterocycles. The molecule has 1 atom stereocenters. The lowest BCUT2D eigenvalue weighted by molar-refractivity contribution is 0.602. The first-order valence-corrected chi connectivity index (χ1v) is 6.12. The molecule has 1 aromatic heterocycles. The van der Waals surface area contributed by atoms with Crippen LogP contribution in [0, 0.1) is 5.82 Å². The summed E-state index contributed by atoms with van der Waals surface area (Å²) in [6.07, 6.45) is 1.73. The van der Waals surface area contributed by atoms with Crippen molar-refractivity contribution in [2.75, 3.05) is 0 Å². The maximum absolute atomic E-state index is 13.4. The Hall–Kier alpha value is -1.39. The third-order valence-corrected chi connectivity index (χ3v) is 3.34. The van der Waals surface area contributed by atoms with Crippen LogP contribution >= 0.6 is 11.8 Å². The fourth-order valence-corrected chi connectivity index (χ4v) is 2.14. The van der Waals surface area contributed by atoms with Crippen molar-refractivity contribution in [2.24, 2.45) is 5.73 Å². The molecule has 0 spiro atoms. The summed E-state index contributed by atoms with van der Waals surface area (Å²) in [6, 6.07) is 10.4. The first kappa shape index (κ1) is 12.1. The Labute approximate surface area is 104 Å². The smallest absolute Gasteiger partial charge is 0.137 e. The average Bonchev–Trinajstić information content (AvgIpc) is 2.33. The number of nitrogens with two attached hydrogens (primary N) is 1. The van der Waals surface area contributed by atoms with Gasteiger partial charge in [0.2, 0.25) is 0 Å². The highest BCUT2D eigenvalue weighted by molar-refractivity contribution is 7.99. The van der Waals surface area contributed by atoms with E-state index < -0.39 is 0 Å². The van der Waals surface area contributed by atoms with Crippen molar-refractivity contribution < 1.29 is 4.39 Å². The zero-order valence-corrected chi connectivity index (χ0v) is 10.2. The summed E-state index contributed by atoms with van der Waals surface area (Å²) in [5.74, 6) is -0.226. The maximum atomic E-state index is 13.4. The van der Waals surface area contributed by atoms with Crippen molar-refractivity contribution >= 4 is 11.8 Å². The standard InChI is InChI=1S/C13H13FN2S/c1-9(15)10-6-7-13(16-8-10)17-12-5-3-2-4-11(12)14/h2-9H,15H2,1H3/t9-/m1/s1. The monoisotopic (exact) mass is 248 g/mol. The van der Waals surface area contributed by atoms with Crippen LogP contribution in [0.3, 0.4) is 0 Å². The lowest BCUT2D eigenvalue weighted by atomic mass is 10.2. The second-order valence-electron chi connectivity index (χ2n) is 3.75. The molecule has 17 heavy (non-hydrogen) atoms. The molecule has 0 radical (unpaired) electrons. The molecule has 2 aromatic rings. The third-order valence-electron chi connectivity index (χ3n) is 2.34. The normalized spacial score (nSPS) is 12.4. The van der Waals surface area contributed by atoms with E-state index in [1.54, 1.807) is 18.3 Å². The van der Waals surface area contributed by atoms with Crippen molar-refractivity contribution in [1.82, 2.24) is 4.98 Å². The number of aromatic nitrogens is 1. The van der Waals surface area contributed by atoms with Crippen molar-refractivity contribution in [3.63, 3.8) is 0 Å². The second kappa shape index (κ2) is 5.29. The number of benzene rings is 1. The van der Waals surface area contributed by atoms with E-state index in [4.69, 9.17) is 5.73 Å². The average molecular weight is 248 g/mol. The Morgan fingerprint density at radius 3 is 2.59 bits per heavy atom. The number of pyridine rings is 1. The van der Waals surface area contributed by atoms with Gasteiger partial charge in [-0.05, 0) is 30.7 Å². The van der Waals surface area contributed by atoms with Gasteiger partial charge in [-0.15, -0.1) is 0 Å². The highest BCUT2D eigenvalue weighted by Crippen LogP contribution is 2.28. The molecular weight excluding hydrogens is 235 g/mol. The summed E-state index contributed by atoms with van der Waals surface area (Å²) < 4.78 is 13.4. The molecule has 2 N–H and O–H groups in total. The highest BCUT2D eigenvalue weighted by Gasteiger charge is 2.05. The van der Waals surface area contributed by atoms with Crippen LogP contribution in [0.1, 0.15) is 18.5 Å². The van der Waals surface area contributed by atoms with Gasteiger partial charge < -0.3 is 5.73 Å². The molecule has 0 unspecified atom stereocenters. The lowest BCUT2D eigenvalue weighted by Crippen LogP contribution is -2.04. The van der Waals surface area contributed by atoms with Gasteiger partial charge in [-0.1, -0.05) is 30.0 Å². The van der Waals surface area contributed by atoms with Crippen LogP contribution in [-0.4, -0.2) is 4.98 Å². The van der Waals surface area contributed by atoms with E-state index in [1.165, 1.54) is 17.8 Å². The minimum Gasteiger partial charge on any atom is -0.324 e. The number of nitrogens with zero attached hydrogens (tertiary/aromatic N) is 1. The van der Waals surface area contributed by atoms with Gasteiger partial charge in [-0.2, -0.15) is 0 Å². The largest absolute Gasteiger partial charge is 0.324 e. The van der Waals surface area contributed by atoms with E-state index >= 15 is 0 Å². The first-order chi connectivity index (χ1) is 8.16. The topological polar surface area (TPSA) is 38.9 Å². The van der Waals surface area contributed by atoms with Crippen LogP contribution in [-0.2, 0) is 0 Å². The van der Waals surface area contributed by atoms with Gasteiger partial charge in [0.25, 0.3) is 0 Å². The number of rotatable bonds is 3. The van der Waals surface area contributed by atoms with E-state index in [0.717, 1.165) is 10.6 Å². The zero-order valence-electron chi connectivity index (χ0n) is 9.43. The Bertz CT molecular complexity index is 497. The molecule has 1 aromatic carbocycles. The van der Waals surface area contributed by atoms with Crippen LogP contribution in [0.2, 0.25) is 0 Å². The Morgan fingerprint density at radius 1 is 1.24 bits per heavy atom. The van der Waals surface area contributed by atoms with Crippen molar-refractivity contribution in [1.29, 1.82) is 0 Å². The first-order valence-electron chi connectivity index (χ1n) is 5.31. The van der Waals surface area contributed by atoms with Crippen LogP contribution in [0.4, 0.5) is 4.39 Å². The lowest BCUT2D eigenvalue weighted by Gasteiger charge is -2.06. The van der Waals surface area contributed by atoms with Crippen molar-refractivity contribution in [3.05, 3.63) is 54.0 Å². The maximum Gasteiger partial charge on any atom is 0.137 e. The zero-order chi connectivity index (χ0) is 12.3. The molecule has 2 rings (SSSR count). The van der Waals surface area contributed by atoms with Gasteiger partial charge in [0, 0.05) is 17.1 Å². The van der Waals surface area contributed by atoms with Crippen LogP contribution in [0.5, 0.6) is 0 Å². The molecule has 1 heterocycles. The van der Waals surface area contributed by atoms with Crippen LogP contribution in [0.25, 0.3) is 0 Å². The van der Waals surface area contributed by atoms with Crippen LogP contribution < -0.4 is 5.73 Å². The molecule has 2 nitrogen and oxygen atoms in total. The Morgan fingerprint density at radius 2 is 2.00 bits per heavy atom. The molecule has 4 heteroatoms. The summed E-state index contributed by atoms with van der Waals surface area (Å²) in [4.78, 5) is 4.83. The van der Waals surface area contributed by atoms with E-state index in [1.807, 2.05) is 25.1 Å². The van der Waals surface area contributed by atoms with E-state index in [-0.39, 0.29) is 11.9 Å². The van der Waals surface area contributed by atoms with Crippen molar-refractivity contribution in [2.45, 2.75) is 22.9 Å². The fraction of sp³-hybridized carbons (Fsp3) is 0.154. The predicted octanol–water partition coefficient (Wildman–Crippen LogP) is 3.39. The molecule has 0 fully saturated rings. The minimum atomic E-state index is -0.226. The van der Waals surface area contributed by atoms with Gasteiger partial charge in [0.05, 0.1) is 0 Å². The number of halogens is 1. The van der Waals surface area contributed by atoms with Crippen molar-refractivity contribution in [3.8, 4) is 0 Å². The SMILES string of the molecule is C[C@@H](N)c1ccc(Sc2ccccc2F)nc1.